The predicted molar refractivity (Wildman–Crippen MR) is 101 cm³/mol. The molecule has 8 nitrogen and oxygen atoms in total. The standard InChI is InChI=1S/C20H19FN4O4/c21-15-3-1-13(2-4-15)18-9-14-10-23(8-6-17(14)29-18)7-5-16-11-24-12-19(25(26)27)22-20(24)28-16/h1-4,9,12,16H,5-8,10-11H2/t16-/m1/s1. The summed E-state index contributed by atoms with van der Waals surface area (Å²) >= 11 is 0. The van der Waals surface area contributed by atoms with Crippen molar-refractivity contribution in [2.45, 2.75) is 32.0 Å². The van der Waals surface area contributed by atoms with Crippen LogP contribution in [0, 0.1) is 15.9 Å². The quantitative estimate of drug-likeness (QED) is 0.484. The van der Waals surface area contributed by atoms with Crippen LogP contribution in [0.4, 0.5) is 10.2 Å². The van der Waals surface area contributed by atoms with E-state index in [9.17, 15) is 14.5 Å². The molecule has 1 atom stereocenters. The van der Waals surface area contributed by atoms with E-state index in [2.05, 4.69) is 9.88 Å². The van der Waals surface area contributed by atoms with Crippen LogP contribution in [-0.2, 0) is 19.5 Å². The Morgan fingerprint density at radius 3 is 2.90 bits per heavy atom. The summed E-state index contributed by atoms with van der Waals surface area (Å²) < 4.78 is 26.6. The number of aromatic nitrogens is 2. The third kappa shape index (κ3) is 3.49. The van der Waals surface area contributed by atoms with E-state index in [0.29, 0.717) is 12.6 Å². The molecule has 5 rings (SSSR count). The van der Waals surface area contributed by atoms with Gasteiger partial charge in [-0.05, 0) is 41.7 Å². The van der Waals surface area contributed by atoms with Gasteiger partial charge in [-0.2, -0.15) is 0 Å². The fourth-order valence-electron chi connectivity index (χ4n) is 3.92. The third-order valence-corrected chi connectivity index (χ3v) is 5.43. The van der Waals surface area contributed by atoms with Crippen LogP contribution in [-0.4, -0.2) is 38.6 Å². The van der Waals surface area contributed by atoms with Gasteiger partial charge < -0.3 is 19.3 Å². The molecule has 2 aliphatic heterocycles. The third-order valence-electron chi connectivity index (χ3n) is 5.43. The smallest absolute Gasteiger partial charge is 0.414 e. The minimum atomic E-state index is -0.514. The van der Waals surface area contributed by atoms with Gasteiger partial charge in [0.15, 0.2) is 0 Å². The van der Waals surface area contributed by atoms with Crippen molar-refractivity contribution < 1.29 is 18.5 Å². The Bertz CT molecular complexity index is 1040. The summed E-state index contributed by atoms with van der Waals surface area (Å²) in [5.41, 5.74) is 2.03. The van der Waals surface area contributed by atoms with Crippen molar-refractivity contribution in [2.24, 2.45) is 0 Å². The maximum Gasteiger partial charge on any atom is 0.414 e. The Labute approximate surface area is 165 Å². The van der Waals surface area contributed by atoms with Crippen molar-refractivity contribution in [3.8, 4) is 17.3 Å². The number of nitro groups is 1. The number of hydrogen-bond donors (Lipinski definition) is 0. The zero-order valence-electron chi connectivity index (χ0n) is 15.6. The number of ether oxygens (including phenoxy) is 1. The molecule has 0 fully saturated rings. The Hall–Kier alpha value is -3.20. The molecule has 0 aliphatic carbocycles. The average Bonchev–Trinajstić information content (AvgIpc) is 3.39. The van der Waals surface area contributed by atoms with Crippen molar-refractivity contribution >= 4 is 5.82 Å². The number of hydrogen-bond acceptors (Lipinski definition) is 6. The number of furan rings is 1. The highest BCUT2D eigenvalue weighted by Crippen LogP contribution is 2.30. The number of rotatable bonds is 5. The summed E-state index contributed by atoms with van der Waals surface area (Å²) in [5.74, 6) is 1.31. The van der Waals surface area contributed by atoms with Crippen molar-refractivity contribution in [1.82, 2.24) is 14.5 Å². The first-order valence-corrected chi connectivity index (χ1v) is 9.53. The van der Waals surface area contributed by atoms with E-state index in [-0.39, 0.29) is 17.7 Å². The number of benzene rings is 1. The zero-order chi connectivity index (χ0) is 20.0. The van der Waals surface area contributed by atoms with E-state index in [1.807, 2.05) is 6.07 Å². The van der Waals surface area contributed by atoms with E-state index in [0.717, 1.165) is 55.1 Å². The Balaban J connectivity index is 1.18. The van der Waals surface area contributed by atoms with Gasteiger partial charge in [-0.25, -0.2) is 4.39 Å². The molecule has 0 radical (unpaired) electrons. The molecule has 0 spiro atoms. The summed E-state index contributed by atoms with van der Waals surface area (Å²) in [6.45, 7) is 3.12. The Morgan fingerprint density at radius 1 is 1.31 bits per heavy atom. The molecule has 0 unspecified atom stereocenters. The van der Waals surface area contributed by atoms with Crippen molar-refractivity contribution in [3.05, 3.63) is 63.8 Å². The van der Waals surface area contributed by atoms with Crippen LogP contribution in [0.2, 0.25) is 0 Å². The summed E-state index contributed by atoms with van der Waals surface area (Å²) in [5, 5.41) is 10.8. The minimum Gasteiger partial charge on any atom is -0.461 e. The van der Waals surface area contributed by atoms with Crippen molar-refractivity contribution in [3.63, 3.8) is 0 Å². The number of imidazole rings is 1. The van der Waals surface area contributed by atoms with Crippen molar-refractivity contribution in [1.29, 1.82) is 0 Å². The van der Waals surface area contributed by atoms with E-state index in [1.54, 1.807) is 16.7 Å². The SMILES string of the molecule is O=[N+]([O-])c1cn2c(n1)O[C@H](CCN1CCc3oc(-c4ccc(F)cc4)cc3C1)C2. The molecule has 29 heavy (non-hydrogen) atoms. The zero-order valence-corrected chi connectivity index (χ0v) is 15.6. The lowest BCUT2D eigenvalue weighted by Crippen LogP contribution is -2.33. The number of halogens is 1. The van der Waals surface area contributed by atoms with Crippen LogP contribution in [0.15, 0.2) is 40.9 Å². The lowest BCUT2D eigenvalue weighted by molar-refractivity contribution is -0.389. The van der Waals surface area contributed by atoms with Crippen LogP contribution < -0.4 is 4.74 Å². The molecule has 3 aromatic rings. The van der Waals surface area contributed by atoms with Gasteiger partial charge in [0, 0.05) is 42.2 Å². The highest BCUT2D eigenvalue weighted by Gasteiger charge is 2.31. The lowest BCUT2D eigenvalue weighted by Gasteiger charge is -2.26. The molecule has 0 saturated carbocycles. The molecule has 150 valence electrons. The lowest BCUT2D eigenvalue weighted by atomic mass is 10.1. The van der Waals surface area contributed by atoms with Gasteiger partial charge in [-0.15, -0.1) is 0 Å². The molecule has 2 aliphatic rings. The normalized spacial score (nSPS) is 18.3. The van der Waals surface area contributed by atoms with Crippen molar-refractivity contribution in [2.75, 3.05) is 13.1 Å². The molecular weight excluding hydrogens is 379 g/mol. The van der Waals surface area contributed by atoms with Gasteiger partial charge in [0.25, 0.3) is 0 Å². The maximum absolute atomic E-state index is 13.1. The topological polar surface area (TPSA) is 86.6 Å². The molecule has 4 heterocycles. The minimum absolute atomic E-state index is 0.0289. The molecule has 0 N–H and O–H groups in total. The number of fused-ring (bicyclic) bond motifs is 2. The second-order valence-corrected chi connectivity index (χ2v) is 7.41. The van der Waals surface area contributed by atoms with Gasteiger partial charge in [0.05, 0.1) is 6.54 Å². The van der Waals surface area contributed by atoms with Gasteiger partial charge in [-0.1, -0.05) is 0 Å². The van der Waals surface area contributed by atoms with Crippen LogP contribution in [0.25, 0.3) is 11.3 Å². The molecule has 0 bridgehead atoms. The summed E-state index contributed by atoms with van der Waals surface area (Å²) in [7, 11) is 0. The Morgan fingerprint density at radius 2 is 2.14 bits per heavy atom. The summed E-state index contributed by atoms with van der Waals surface area (Å²) in [6.07, 6.45) is 3.04. The first-order valence-electron chi connectivity index (χ1n) is 9.53. The van der Waals surface area contributed by atoms with Gasteiger partial charge in [-0.3, -0.25) is 9.47 Å². The molecular formula is C20H19FN4O4. The van der Waals surface area contributed by atoms with Gasteiger partial charge in [0.1, 0.15) is 29.6 Å². The highest BCUT2D eigenvalue weighted by atomic mass is 19.1. The molecule has 1 aromatic carbocycles. The average molecular weight is 398 g/mol. The van der Waals surface area contributed by atoms with Crippen LogP contribution in [0.5, 0.6) is 6.01 Å². The van der Waals surface area contributed by atoms with Crippen LogP contribution in [0.1, 0.15) is 17.7 Å². The first-order chi connectivity index (χ1) is 14.0. The van der Waals surface area contributed by atoms with E-state index in [4.69, 9.17) is 9.15 Å². The largest absolute Gasteiger partial charge is 0.461 e. The Kier molecular flexibility index (Phi) is 4.31. The fourth-order valence-corrected chi connectivity index (χ4v) is 3.92. The highest BCUT2D eigenvalue weighted by molar-refractivity contribution is 5.59. The first kappa shape index (κ1) is 17.9. The monoisotopic (exact) mass is 398 g/mol. The molecule has 0 amide bonds. The van der Waals surface area contributed by atoms with Gasteiger partial charge >= 0.3 is 11.8 Å². The molecule has 9 heteroatoms. The predicted octanol–water partition coefficient (Wildman–Crippen LogP) is 3.40. The second kappa shape index (κ2) is 7.00. The molecule has 2 aromatic heterocycles. The van der Waals surface area contributed by atoms with E-state index >= 15 is 0 Å². The van der Waals surface area contributed by atoms with Crippen LogP contribution in [0.3, 0.4) is 0 Å². The second-order valence-electron chi connectivity index (χ2n) is 7.41. The summed E-state index contributed by atoms with van der Waals surface area (Å²) in [4.78, 5) is 16.5. The van der Waals surface area contributed by atoms with E-state index < -0.39 is 4.92 Å². The fraction of sp³-hybridized carbons (Fsp3) is 0.350. The maximum atomic E-state index is 13.1. The van der Waals surface area contributed by atoms with Crippen LogP contribution >= 0.6 is 0 Å². The summed E-state index contributed by atoms with van der Waals surface area (Å²) in [6, 6.07) is 8.68. The van der Waals surface area contributed by atoms with Gasteiger partial charge in [0.2, 0.25) is 0 Å². The van der Waals surface area contributed by atoms with E-state index in [1.165, 1.54) is 18.3 Å². The molecule has 0 saturated heterocycles. The number of nitrogens with zero attached hydrogens (tertiary/aromatic N) is 4.